The fraction of sp³-hybridized carbons (Fsp3) is 0.211. The van der Waals surface area contributed by atoms with Crippen molar-refractivity contribution in [3.63, 3.8) is 0 Å². The number of rotatable bonds is 7. The molecule has 0 spiro atoms. The maximum atomic E-state index is 12.2. The highest BCUT2D eigenvalue weighted by molar-refractivity contribution is 7.99. The number of amides is 1. The minimum atomic E-state index is -0.209. The topological polar surface area (TPSA) is 86.5 Å². The summed E-state index contributed by atoms with van der Waals surface area (Å²) in [5.41, 5.74) is 2.52. The highest BCUT2D eigenvalue weighted by atomic mass is 32.2. The minimum Gasteiger partial charge on any atom is -0.497 e. The first-order valence-corrected chi connectivity index (χ1v) is 9.13. The van der Waals surface area contributed by atoms with Crippen LogP contribution in [0.15, 0.2) is 52.1 Å². The molecule has 0 saturated heterocycles. The van der Waals surface area contributed by atoms with Crippen LogP contribution in [0.1, 0.15) is 5.56 Å². The van der Waals surface area contributed by atoms with Gasteiger partial charge in [0.05, 0.1) is 25.7 Å². The summed E-state index contributed by atoms with van der Waals surface area (Å²) < 4.78 is 16.0. The zero-order chi connectivity index (χ0) is 19.2. The van der Waals surface area contributed by atoms with E-state index in [1.54, 1.807) is 25.3 Å². The van der Waals surface area contributed by atoms with Gasteiger partial charge < -0.3 is 19.2 Å². The number of anilines is 1. The van der Waals surface area contributed by atoms with Gasteiger partial charge in [0.15, 0.2) is 0 Å². The van der Waals surface area contributed by atoms with E-state index < -0.39 is 0 Å². The lowest BCUT2D eigenvalue weighted by atomic mass is 10.1. The Morgan fingerprint density at radius 1 is 1.15 bits per heavy atom. The molecule has 8 heteroatoms. The van der Waals surface area contributed by atoms with Crippen LogP contribution in [0.4, 0.5) is 5.69 Å². The molecule has 0 unspecified atom stereocenters. The number of hydrogen-bond donors (Lipinski definition) is 1. The predicted molar refractivity (Wildman–Crippen MR) is 103 cm³/mol. The Balaban J connectivity index is 1.60. The van der Waals surface area contributed by atoms with Crippen LogP contribution in [-0.4, -0.2) is 36.1 Å². The van der Waals surface area contributed by atoms with E-state index in [9.17, 15) is 4.79 Å². The van der Waals surface area contributed by atoms with Gasteiger partial charge in [-0.2, -0.15) is 0 Å². The molecule has 140 valence electrons. The summed E-state index contributed by atoms with van der Waals surface area (Å²) in [5, 5.41) is 11.2. The molecule has 27 heavy (non-hydrogen) atoms. The van der Waals surface area contributed by atoms with Crippen LogP contribution in [0.25, 0.3) is 11.5 Å². The predicted octanol–water partition coefficient (Wildman–Crippen LogP) is 3.79. The van der Waals surface area contributed by atoms with Crippen molar-refractivity contribution in [3.05, 3.63) is 48.0 Å². The van der Waals surface area contributed by atoms with Crippen LogP contribution >= 0.6 is 11.8 Å². The third-order valence-electron chi connectivity index (χ3n) is 3.68. The van der Waals surface area contributed by atoms with Gasteiger partial charge in [0, 0.05) is 11.6 Å². The fourth-order valence-corrected chi connectivity index (χ4v) is 2.94. The number of nitrogens with zero attached hydrogens (tertiary/aromatic N) is 2. The monoisotopic (exact) mass is 385 g/mol. The molecule has 0 fully saturated rings. The first-order valence-electron chi connectivity index (χ1n) is 8.14. The maximum absolute atomic E-state index is 12.2. The van der Waals surface area contributed by atoms with Gasteiger partial charge in [-0.15, -0.1) is 10.2 Å². The van der Waals surface area contributed by atoms with Gasteiger partial charge in [0.2, 0.25) is 11.8 Å². The van der Waals surface area contributed by atoms with Crippen molar-refractivity contribution in [1.29, 1.82) is 0 Å². The van der Waals surface area contributed by atoms with Gasteiger partial charge in [-0.25, -0.2) is 0 Å². The van der Waals surface area contributed by atoms with Crippen molar-refractivity contribution in [2.75, 3.05) is 25.3 Å². The van der Waals surface area contributed by atoms with E-state index in [2.05, 4.69) is 15.5 Å². The molecule has 3 aromatic rings. The Kier molecular flexibility index (Phi) is 5.97. The molecule has 1 N–H and O–H groups in total. The first-order chi connectivity index (χ1) is 13.1. The van der Waals surface area contributed by atoms with E-state index in [-0.39, 0.29) is 11.7 Å². The normalized spacial score (nSPS) is 10.5. The van der Waals surface area contributed by atoms with Crippen LogP contribution in [0.3, 0.4) is 0 Å². The molecule has 0 bridgehead atoms. The summed E-state index contributed by atoms with van der Waals surface area (Å²) in [4.78, 5) is 12.2. The number of aromatic nitrogens is 2. The second-order valence-electron chi connectivity index (χ2n) is 5.65. The summed E-state index contributed by atoms with van der Waals surface area (Å²) in [6.07, 6.45) is 0. The molecular formula is C19H19N3O4S. The Morgan fingerprint density at radius 2 is 2.00 bits per heavy atom. The van der Waals surface area contributed by atoms with Gasteiger partial charge in [-0.3, -0.25) is 4.79 Å². The molecule has 0 saturated carbocycles. The summed E-state index contributed by atoms with van der Waals surface area (Å²) in [7, 11) is 3.10. The molecular weight excluding hydrogens is 366 g/mol. The lowest BCUT2D eigenvalue weighted by Gasteiger charge is -2.11. The van der Waals surface area contributed by atoms with Crippen LogP contribution in [0, 0.1) is 6.92 Å². The molecule has 0 aliphatic carbocycles. The standard InChI is InChI=1S/C19H19N3O4S/c1-12-5-4-6-13(9-12)18-21-22-19(26-18)27-11-17(23)20-15-8-7-14(24-2)10-16(15)25-3/h4-10H,11H2,1-3H3,(H,20,23). The molecule has 0 radical (unpaired) electrons. The Labute approximate surface area is 161 Å². The van der Waals surface area contributed by atoms with Crippen LogP contribution < -0.4 is 14.8 Å². The number of thioether (sulfide) groups is 1. The van der Waals surface area contributed by atoms with Gasteiger partial charge in [0.25, 0.3) is 5.22 Å². The highest BCUT2D eigenvalue weighted by Gasteiger charge is 2.13. The molecule has 7 nitrogen and oxygen atoms in total. The molecule has 1 aromatic heterocycles. The zero-order valence-corrected chi connectivity index (χ0v) is 16.0. The number of aryl methyl sites for hydroxylation is 1. The Bertz CT molecular complexity index is 942. The highest BCUT2D eigenvalue weighted by Crippen LogP contribution is 2.29. The number of ether oxygens (including phenoxy) is 2. The quantitative estimate of drug-likeness (QED) is 0.619. The van der Waals surface area contributed by atoms with E-state index in [0.717, 1.165) is 11.1 Å². The molecule has 3 rings (SSSR count). The van der Waals surface area contributed by atoms with Crippen LogP contribution in [0.2, 0.25) is 0 Å². The third kappa shape index (κ3) is 4.79. The Morgan fingerprint density at radius 3 is 2.74 bits per heavy atom. The molecule has 0 aliphatic heterocycles. The van der Waals surface area contributed by atoms with E-state index in [0.29, 0.717) is 28.3 Å². The van der Waals surface area contributed by atoms with Crippen molar-refractivity contribution in [1.82, 2.24) is 10.2 Å². The number of hydrogen-bond acceptors (Lipinski definition) is 7. The van der Waals surface area contributed by atoms with Crippen molar-refractivity contribution >= 4 is 23.4 Å². The van der Waals surface area contributed by atoms with Crippen molar-refractivity contribution in [2.24, 2.45) is 0 Å². The summed E-state index contributed by atoms with van der Waals surface area (Å²) in [6.45, 7) is 1.99. The average Bonchev–Trinajstić information content (AvgIpc) is 3.16. The van der Waals surface area contributed by atoms with E-state index in [1.165, 1.54) is 18.9 Å². The second kappa shape index (κ2) is 8.59. The number of benzene rings is 2. The second-order valence-corrected chi connectivity index (χ2v) is 6.57. The van der Waals surface area contributed by atoms with E-state index in [1.807, 2.05) is 31.2 Å². The lowest BCUT2D eigenvalue weighted by Crippen LogP contribution is -2.14. The summed E-state index contributed by atoms with van der Waals surface area (Å²) in [5.74, 6) is 1.52. The van der Waals surface area contributed by atoms with Crippen LogP contribution in [0.5, 0.6) is 11.5 Å². The van der Waals surface area contributed by atoms with Gasteiger partial charge in [-0.1, -0.05) is 29.5 Å². The molecule has 1 amide bonds. The summed E-state index contributed by atoms with van der Waals surface area (Å²) in [6, 6.07) is 13.0. The van der Waals surface area contributed by atoms with Crippen molar-refractivity contribution in [2.45, 2.75) is 12.1 Å². The zero-order valence-electron chi connectivity index (χ0n) is 15.2. The molecule has 0 atom stereocenters. The largest absolute Gasteiger partial charge is 0.497 e. The maximum Gasteiger partial charge on any atom is 0.277 e. The molecule has 2 aromatic carbocycles. The van der Waals surface area contributed by atoms with E-state index >= 15 is 0 Å². The first kappa shape index (κ1) is 18.8. The number of carbonyl (C=O) groups is 1. The van der Waals surface area contributed by atoms with Gasteiger partial charge in [0.1, 0.15) is 11.5 Å². The minimum absolute atomic E-state index is 0.130. The lowest BCUT2D eigenvalue weighted by molar-refractivity contribution is -0.113. The number of methoxy groups -OCH3 is 2. The molecule has 0 aliphatic rings. The molecule has 1 heterocycles. The van der Waals surface area contributed by atoms with Crippen molar-refractivity contribution in [3.8, 4) is 23.0 Å². The van der Waals surface area contributed by atoms with E-state index in [4.69, 9.17) is 13.9 Å². The third-order valence-corrected chi connectivity index (χ3v) is 4.50. The Hall–Kier alpha value is -3.00. The number of carbonyl (C=O) groups excluding carboxylic acids is 1. The average molecular weight is 385 g/mol. The summed E-state index contributed by atoms with van der Waals surface area (Å²) >= 11 is 1.17. The van der Waals surface area contributed by atoms with Crippen molar-refractivity contribution < 1.29 is 18.7 Å². The van der Waals surface area contributed by atoms with Crippen LogP contribution in [-0.2, 0) is 4.79 Å². The smallest absolute Gasteiger partial charge is 0.277 e. The fourth-order valence-electron chi connectivity index (χ4n) is 2.38. The van der Waals surface area contributed by atoms with Gasteiger partial charge >= 0.3 is 0 Å². The number of nitrogens with one attached hydrogen (secondary N) is 1. The SMILES string of the molecule is COc1ccc(NC(=O)CSc2nnc(-c3cccc(C)c3)o2)c(OC)c1. The van der Waals surface area contributed by atoms with Gasteiger partial charge in [-0.05, 0) is 31.2 Å².